The largest absolute Gasteiger partial charge is 0.497 e. The highest BCUT2D eigenvalue weighted by Gasteiger charge is 2.13. The Labute approximate surface area is 111 Å². The molecule has 0 aliphatic heterocycles. The van der Waals surface area contributed by atoms with Crippen molar-refractivity contribution in [3.05, 3.63) is 65.7 Å². The smallest absolute Gasteiger partial charge is 0.204 e. The lowest BCUT2D eigenvalue weighted by Gasteiger charge is -2.04. The highest BCUT2D eigenvalue weighted by Crippen LogP contribution is 2.14. The molecule has 0 aromatic heterocycles. The zero-order valence-electron chi connectivity index (χ0n) is 9.92. The molecule has 0 radical (unpaired) electrons. The van der Waals surface area contributed by atoms with Gasteiger partial charge in [-0.05, 0) is 29.8 Å². The van der Waals surface area contributed by atoms with E-state index < -0.39 is 0 Å². The summed E-state index contributed by atoms with van der Waals surface area (Å²) in [5, 5.41) is 0. The molecule has 0 amide bonds. The number of rotatable bonds is 4. The second kappa shape index (κ2) is 5.56. The van der Waals surface area contributed by atoms with Gasteiger partial charge in [0.25, 0.3) is 0 Å². The van der Waals surface area contributed by atoms with Gasteiger partial charge in [0.1, 0.15) is 5.75 Å². The average molecular weight is 256 g/mol. The van der Waals surface area contributed by atoms with Crippen molar-refractivity contribution >= 4 is 22.9 Å². The summed E-state index contributed by atoms with van der Waals surface area (Å²) in [5.41, 5.74) is 1.35. The van der Waals surface area contributed by atoms with Crippen LogP contribution in [0.15, 0.2) is 54.6 Å². The van der Waals surface area contributed by atoms with Gasteiger partial charge in [-0.15, -0.1) is 0 Å². The van der Waals surface area contributed by atoms with E-state index in [1.54, 1.807) is 31.4 Å². The summed E-state index contributed by atoms with van der Waals surface area (Å²) in [6.45, 7) is 0. The van der Waals surface area contributed by atoms with Crippen molar-refractivity contribution < 1.29 is 9.53 Å². The van der Waals surface area contributed by atoms with Crippen LogP contribution in [0.25, 0.3) is 0 Å². The van der Waals surface area contributed by atoms with Crippen LogP contribution < -0.4 is 4.74 Å². The van der Waals surface area contributed by atoms with Gasteiger partial charge in [0.05, 0.1) is 12.0 Å². The van der Waals surface area contributed by atoms with Gasteiger partial charge in [-0.3, -0.25) is 4.79 Å². The zero-order chi connectivity index (χ0) is 13.0. The fourth-order valence-electron chi connectivity index (χ4n) is 1.59. The van der Waals surface area contributed by atoms with Crippen molar-refractivity contribution in [2.24, 2.45) is 0 Å². The summed E-state index contributed by atoms with van der Waals surface area (Å²) >= 11 is 5.21. The van der Waals surface area contributed by atoms with Gasteiger partial charge in [-0.25, -0.2) is 0 Å². The van der Waals surface area contributed by atoms with E-state index >= 15 is 0 Å². The molecule has 0 heterocycles. The molecule has 0 spiro atoms. The molecule has 0 saturated carbocycles. The maximum atomic E-state index is 12.2. The molecule has 0 unspecified atom stereocenters. The third-order valence-electron chi connectivity index (χ3n) is 2.59. The minimum Gasteiger partial charge on any atom is -0.497 e. The van der Waals surface area contributed by atoms with Crippen molar-refractivity contribution in [3.63, 3.8) is 0 Å². The van der Waals surface area contributed by atoms with Crippen LogP contribution in [0.4, 0.5) is 0 Å². The van der Waals surface area contributed by atoms with E-state index in [0.29, 0.717) is 10.4 Å². The molecule has 0 aliphatic rings. The van der Waals surface area contributed by atoms with Gasteiger partial charge in [0.2, 0.25) is 5.78 Å². The minimum atomic E-state index is -0.140. The van der Waals surface area contributed by atoms with E-state index in [1.165, 1.54) is 0 Å². The molecule has 18 heavy (non-hydrogen) atoms. The quantitative estimate of drug-likeness (QED) is 0.620. The normalized spacial score (nSPS) is 9.83. The summed E-state index contributed by atoms with van der Waals surface area (Å²) in [6.07, 6.45) is 0. The Morgan fingerprint density at radius 2 is 1.56 bits per heavy atom. The van der Waals surface area contributed by atoms with Crippen LogP contribution in [0.2, 0.25) is 0 Å². The molecule has 90 valence electrons. The molecular formula is C15H12O2S. The lowest BCUT2D eigenvalue weighted by atomic mass is 10.0. The number of ketones is 1. The first kappa shape index (κ1) is 12.5. The van der Waals surface area contributed by atoms with Gasteiger partial charge in [-0.2, -0.15) is 0 Å². The van der Waals surface area contributed by atoms with E-state index in [1.807, 2.05) is 30.3 Å². The van der Waals surface area contributed by atoms with E-state index in [9.17, 15) is 4.79 Å². The Bertz CT molecular complexity index is 559. The number of benzene rings is 2. The number of hydrogen-bond donors (Lipinski definition) is 0. The van der Waals surface area contributed by atoms with Gasteiger partial charge < -0.3 is 4.74 Å². The van der Waals surface area contributed by atoms with Crippen LogP contribution in [0, 0.1) is 0 Å². The second-order valence-corrected chi connectivity index (χ2v) is 4.16. The highest BCUT2D eigenvalue weighted by molar-refractivity contribution is 7.82. The fraction of sp³-hybridized carbons (Fsp3) is 0.0667. The summed E-state index contributed by atoms with van der Waals surface area (Å²) < 4.78 is 5.05. The van der Waals surface area contributed by atoms with Crippen LogP contribution >= 0.6 is 12.2 Å². The third-order valence-corrected chi connectivity index (χ3v) is 3.02. The predicted octanol–water partition coefficient (Wildman–Crippen LogP) is 3.30. The Morgan fingerprint density at radius 1 is 0.944 bits per heavy atom. The van der Waals surface area contributed by atoms with Crippen LogP contribution in [-0.2, 0) is 0 Å². The summed E-state index contributed by atoms with van der Waals surface area (Å²) in [4.78, 5) is 12.5. The molecule has 2 aromatic rings. The van der Waals surface area contributed by atoms with Gasteiger partial charge >= 0.3 is 0 Å². The van der Waals surface area contributed by atoms with Gasteiger partial charge in [0.15, 0.2) is 0 Å². The molecule has 0 aliphatic carbocycles. The molecule has 2 rings (SSSR count). The molecule has 0 bridgehead atoms. The van der Waals surface area contributed by atoms with E-state index in [0.717, 1.165) is 11.3 Å². The van der Waals surface area contributed by atoms with Crippen molar-refractivity contribution in [2.75, 3.05) is 7.11 Å². The predicted molar refractivity (Wildman–Crippen MR) is 75.5 cm³/mol. The molecule has 0 N–H and O–H groups in total. The van der Waals surface area contributed by atoms with Gasteiger partial charge in [0, 0.05) is 5.56 Å². The Kier molecular flexibility index (Phi) is 3.85. The van der Waals surface area contributed by atoms with Crippen molar-refractivity contribution in [2.45, 2.75) is 0 Å². The number of hydrogen-bond acceptors (Lipinski definition) is 3. The summed E-state index contributed by atoms with van der Waals surface area (Å²) in [6, 6.07) is 16.2. The number of carbonyl (C=O) groups is 1. The second-order valence-electron chi connectivity index (χ2n) is 3.75. The highest BCUT2D eigenvalue weighted by atomic mass is 32.1. The third kappa shape index (κ3) is 2.63. The van der Waals surface area contributed by atoms with Crippen molar-refractivity contribution in [1.29, 1.82) is 0 Å². The topological polar surface area (TPSA) is 26.3 Å². The van der Waals surface area contributed by atoms with Crippen LogP contribution in [0.3, 0.4) is 0 Å². The number of methoxy groups -OCH3 is 1. The number of carbonyl (C=O) groups excluding carboxylic acids is 1. The first-order valence-corrected chi connectivity index (χ1v) is 5.91. The zero-order valence-corrected chi connectivity index (χ0v) is 10.7. The molecule has 0 saturated heterocycles. The maximum absolute atomic E-state index is 12.2. The number of ether oxygens (including phenoxy) is 1. The van der Waals surface area contributed by atoms with Crippen LogP contribution in [-0.4, -0.2) is 17.8 Å². The molecule has 0 atom stereocenters. The van der Waals surface area contributed by atoms with Crippen molar-refractivity contribution in [1.82, 2.24) is 0 Å². The molecule has 3 heteroatoms. The first-order chi connectivity index (χ1) is 8.72. The van der Waals surface area contributed by atoms with Crippen molar-refractivity contribution in [3.8, 4) is 5.75 Å². The lowest BCUT2D eigenvalue weighted by molar-refractivity contribution is 0.106. The first-order valence-electron chi connectivity index (χ1n) is 5.50. The Balaban J connectivity index is 2.23. The maximum Gasteiger partial charge on any atom is 0.204 e. The van der Waals surface area contributed by atoms with E-state index in [2.05, 4.69) is 0 Å². The lowest BCUT2D eigenvalue weighted by Crippen LogP contribution is -2.12. The average Bonchev–Trinajstić information content (AvgIpc) is 2.47. The standard InChI is InChI=1S/C15H12O2S/c1-17-13-9-7-11(8-10-13)14(16)15(18)12-5-3-2-4-6-12/h2-10H,1H3. The Morgan fingerprint density at radius 3 is 2.11 bits per heavy atom. The number of thiocarbonyl (C=S) groups is 1. The monoisotopic (exact) mass is 256 g/mol. The summed E-state index contributed by atoms with van der Waals surface area (Å²) in [5.74, 6) is 0.580. The Hall–Kier alpha value is -2.00. The minimum absolute atomic E-state index is 0.140. The number of Topliss-reactive ketones (excluding diaryl/α,β-unsaturated/α-hetero) is 1. The molecule has 2 aromatic carbocycles. The SMILES string of the molecule is COc1ccc(C(=O)C(=S)c2ccccc2)cc1. The molecular weight excluding hydrogens is 244 g/mol. The van der Waals surface area contributed by atoms with Gasteiger partial charge in [-0.1, -0.05) is 42.5 Å². The van der Waals surface area contributed by atoms with E-state index in [4.69, 9.17) is 17.0 Å². The van der Waals surface area contributed by atoms with Crippen LogP contribution in [0.5, 0.6) is 5.75 Å². The molecule has 0 fully saturated rings. The summed E-state index contributed by atoms with van der Waals surface area (Å²) in [7, 11) is 1.59. The van der Waals surface area contributed by atoms with E-state index in [-0.39, 0.29) is 5.78 Å². The molecule has 2 nitrogen and oxygen atoms in total. The van der Waals surface area contributed by atoms with Crippen LogP contribution in [0.1, 0.15) is 15.9 Å². The fourth-order valence-corrected chi connectivity index (χ4v) is 1.85.